The van der Waals surface area contributed by atoms with E-state index < -0.39 is 0 Å². The van der Waals surface area contributed by atoms with E-state index in [1.807, 2.05) is 0 Å². The molecule has 284 valence electrons. The predicted octanol–water partition coefficient (Wildman–Crippen LogP) is 10.1. The zero-order valence-electron chi connectivity index (χ0n) is 33.5. The number of aryl methyl sites for hydroxylation is 1. The highest BCUT2D eigenvalue weighted by molar-refractivity contribution is 7.01. The van der Waals surface area contributed by atoms with Gasteiger partial charge in [0.1, 0.15) is 11.5 Å². The van der Waals surface area contributed by atoms with E-state index in [-0.39, 0.29) is 13.4 Å². The van der Waals surface area contributed by atoms with Crippen LogP contribution in [0.2, 0.25) is 0 Å². The number of para-hydroxylation sites is 6. The largest absolute Gasteiger partial charge is 0.458 e. The first-order valence-electron chi connectivity index (χ1n) is 21.2. The average Bonchev–Trinajstić information content (AvgIpc) is 3.31. The van der Waals surface area contributed by atoms with Gasteiger partial charge in [0.15, 0.2) is 0 Å². The van der Waals surface area contributed by atoms with E-state index in [0.717, 1.165) is 34.2 Å². The number of rotatable bonds is 4. The summed E-state index contributed by atoms with van der Waals surface area (Å²) in [5.74, 6) is 1.83. The number of hydrogen-bond donors (Lipinski definition) is 0. The summed E-state index contributed by atoms with van der Waals surface area (Å²) in [4.78, 5) is 7.45. The minimum Gasteiger partial charge on any atom is -0.458 e. The molecule has 0 aromatic heterocycles. The fourth-order valence-corrected chi connectivity index (χ4v) is 10.7. The molecule has 0 bridgehead atoms. The normalized spacial score (nSPS) is 13.6. The smallest absolute Gasteiger partial charge is 0.257 e. The second-order valence-corrected chi connectivity index (χ2v) is 16.5. The van der Waals surface area contributed by atoms with Gasteiger partial charge in [-0.25, -0.2) is 0 Å². The Labute approximate surface area is 356 Å². The molecule has 4 aliphatic rings. The van der Waals surface area contributed by atoms with Crippen molar-refractivity contribution in [2.75, 3.05) is 14.7 Å². The summed E-state index contributed by atoms with van der Waals surface area (Å²) in [6.07, 6.45) is 0. The highest BCUT2D eigenvalue weighted by Crippen LogP contribution is 2.48. The lowest BCUT2D eigenvalue weighted by Crippen LogP contribution is -2.61. The first-order chi connectivity index (χ1) is 30.2. The van der Waals surface area contributed by atoms with Crippen molar-refractivity contribution in [3.63, 3.8) is 0 Å². The highest BCUT2D eigenvalue weighted by Gasteiger charge is 2.46. The third-order valence-electron chi connectivity index (χ3n) is 13.1. The Bertz CT molecular complexity index is 3120. The van der Waals surface area contributed by atoms with Crippen molar-refractivity contribution in [3.8, 4) is 22.6 Å². The molecule has 4 aliphatic heterocycles. The molecule has 0 atom stereocenters. The van der Waals surface area contributed by atoms with Crippen molar-refractivity contribution in [1.29, 1.82) is 0 Å². The maximum Gasteiger partial charge on any atom is 0.257 e. The van der Waals surface area contributed by atoms with Crippen molar-refractivity contribution in [2.45, 2.75) is 6.92 Å². The fraction of sp³-hybridized carbons (Fsp3) is 0.0182. The molecule has 0 saturated heterocycles. The monoisotopic (exact) mass is 777 g/mol. The molecule has 61 heavy (non-hydrogen) atoms. The Morgan fingerprint density at radius 1 is 0.344 bits per heavy atom. The van der Waals surface area contributed by atoms with Crippen LogP contribution in [0.1, 0.15) is 5.56 Å². The second-order valence-electron chi connectivity index (χ2n) is 16.5. The minimum atomic E-state index is -0.0567. The Hall–Kier alpha value is -7.69. The molecule has 0 unspecified atom stereocenters. The zero-order valence-corrected chi connectivity index (χ0v) is 33.5. The molecule has 0 radical (unpaired) electrons. The third kappa shape index (κ3) is 4.96. The summed E-state index contributed by atoms with van der Waals surface area (Å²) in [6.45, 7) is 2.16. The summed E-state index contributed by atoms with van der Waals surface area (Å²) >= 11 is 0. The third-order valence-corrected chi connectivity index (χ3v) is 13.1. The number of benzene rings is 9. The van der Waals surface area contributed by atoms with E-state index in [1.165, 1.54) is 77.9 Å². The van der Waals surface area contributed by atoms with E-state index in [1.54, 1.807) is 0 Å². The van der Waals surface area contributed by atoms with E-state index in [2.05, 4.69) is 228 Å². The van der Waals surface area contributed by atoms with Gasteiger partial charge in [0, 0.05) is 51.2 Å². The van der Waals surface area contributed by atoms with Crippen LogP contribution in [0.4, 0.5) is 51.2 Å². The van der Waals surface area contributed by atoms with Crippen LogP contribution >= 0.6 is 0 Å². The summed E-state index contributed by atoms with van der Waals surface area (Å²) in [5, 5.41) is 0. The van der Waals surface area contributed by atoms with Gasteiger partial charge in [-0.1, -0.05) is 121 Å². The molecule has 9 aromatic carbocycles. The topological polar surface area (TPSA) is 19.0 Å². The molecule has 4 nitrogen and oxygen atoms in total. The van der Waals surface area contributed by atoms with Crippen LogP contribution in [0, 0.1) is 6.92 Å². The van der Waals surface area contributed by atoms with Crippen LogP contribution in [-0.4, -0.2) is 13.4 Å². The van der Waals surface area contributed by atoms with Gasteiger partial charge in [-0.2, -0.15) is 0 Å². The van der Waals surface area contributed by atoms with Crippen molar-refractivity contribution in [2.24, 2.45) is 0 Å². The highest BCUT2D eigenvalue weighted by atomic mass is 16.5. The minimum absolute atomic E-state index is 0.0460. The molecule has 0 aliphatic carbocycles. The number of ether oxygens (including phenoxy) is 1. The van der Waals surface area contributed by atoms with Crippen molar-refractivity contribution >= 4 is 97.4 Å². The van der Waals surface area contributed by atoms with Crippen molar-refractivity contribution in [3.05, 3.63) is 212 Å². The SMILES string of the molecule is Cc1cc2c3c(c1)N(c1ccccc1)c1cccc(-c4cc5c6c(c4)N(c4ccccc4)c4ccccc4B6c4ccccc4N5c4ccccc4)c1B3c1ccccc1O2. The van der Waals surface area contributed by atoms with E-state index in [4.69, 9.17) is 4.74 Å². The summed E-state index contributed by atoms with van der Waals surface area (Å²) in [7, 11) is 0. The molecule has 13 rings (SSSR count). The number of fused-ring (bicyclic) bond motifs is 8. The summed E-state index contributed by atoms with van der Waals surface area (Å²) in [5.41, 5.74) is 21.6. The van der Waals surface area contributed by atoms with Crippen LogP contribution in [0.25, 0.3) is 11.1 Å². The van der Waals surface area contributed by atoms with Crippen LogP contribution in [0.5, 0.6) is 11.5 Å². The van der Waals surface area contributed by atoms with Crippen molar-refractivity contribution in [1.82, 2.24) is 0 Å². The van der Waals surface area contributed by atoms with Gasteiger partial charge < -0.3 is 19.4 Å². The zero-order chi connectivity index (χ0) is 40.2. The van der Waals surface area contributed by atoms with Gasteiger partial charge in [0.05, 0.1) is 0 Å². The molecule has 0 fully saturated rings. The lowest BCUT2D eigenvalue weighted by Gasteiger charge is -2.44. The van der Waals surface area contributed by atoms with Crippen LogP contribution in [0.3, 0.4) is 0 Å². The molecule has 4 heterocycles. The molecule has 6 heteroatoms. The van der Waals surface area contributed by atoms with Gasteiger partial charge in [-0.15, -0.1) is 0 Å². The molecule has 0 spiro atoms. The number of anilines is 9. The summed E-state index contributed by atoms with van der Waals surface area (Å²) in [6, 6.07) is 75.6. The first-order valence-corrected chi connectivity index (χ1v) is 21.2. The van der Waals surface area contributed by atoms with E-state index in [9.17, 15) is 0 Å². The lowest BCUT2D eigenvalue weighted by molar-refractivity contribution is 0.487. The Balaban J connectivity index is 1.15. The summed E-state index contributed by atoms with van der Waals surface area (Å²) < 4.78 is 6.83. The number of nitrogens with zero attached hydrogens (tertiary/aromatic N) is 3. The average molecular weight is 778 g/mol. The number of hydrogen-bond acceptors (Lipinski definition) is 4. The van der Waals surface area contributed by atoms with Crippen LogP contribution in [0.15, 0.2) is 206 Å². The molecule has 9 aromatic rings. The van der Waals surface area contributed by atoms with E-state index >= 15 is 0 Å². The Morgan fingerprint density at radius 3 is 1.41 bits per heavy atom. The molecular formula is C55H37B2N3O. The Morgan fingerprint density at radius 2 is 0.820 bits per heavy atom. The lowest BCUT2D eigenvalue weighted by atomic mass is 9.33. The standard InChI is InChI=1S/C55H37B2N3O/c1-36-32-48-55-52(33-36)61-51-31-16-13-27-44(51)57(55)53-41(24-17-30-47(53)60(48)40-22-9-4-10-23-40)37-34-49-54-50(35-37)59(39-20-7-3-8-21-39)46-29-15-12-26-43(46)56(54)42-25-11-14-28-45(42)58(49)38-18-5-2-6-19-38/h2-35H,1H3. The van der Waals surface area contributed by atoms with Crippen molar-refractivity contribution < 1.29 is 4.74 Å². The molecular weight excluding hydrogens is 740 g/mol. The van der Waals surface area contributed by atoms with Gasteiger partial charge >= 0.3 is 0 Å². The second kappa shape index (κ2) is 13.2. The molecule has 0 N–H and O–H groups in total. The van der Waals surface area contributed by atoms with Crippen LogP contribution < -0.4 is 52.2 Å². The van der Waals surface area contributed by atoms with Gasteiger partial charge in [-0.05, 0) is 141 Å². The van der Waals surface area contributed by atoms with Gasteiger partial charge in [0.25, 0.3) is 13.4 Å². The first kappa shape index (κ1) is 34.2. The van der Waals surface area contributed by atoms with Gasteiger partial charge in [0.2, 0.25) is 0 Å². The predicted molar refractivity (Wildman–Crippen MR) is 256 cm³/mol. The Kier molecular flexibility index (Phi) is 7.38. The molecule has 0 amide bonds. The maximum atomic E-state index is 6.83. The van der Waals surface area contributed by atoms with Gasteiger partial charge in [-0.3, -0.25) is 0 Å². The molecule has 0 saturated carbocycles. The quantitative estimate of drug-likeness (QED) is 0.166. The fourth-order valence-electron chi connectivity index (χ4n) is 10.7. The van der Waals surface area contributed by atoms with Crippen LogP contribution in [-0.2, 0) is 0 Å². The van der Waals surface area contributed by atoms with E-state index in [0.29, 0.717) is 0 Å². The maximum absolute atomic E-state index is 6.83.